The van der Waals surface area contributed by atoms with Gasteiger partial charge in [0.05, 0.1) is 12.4 Å². The van der Waals surface area contributed by atoms with Gasteiger partial charge in [0, 0.05) is 11.5 Å². The van der Waals surface area contributed by atoms with Crippen LogP contribution in [-0.2, 0) is 7.05 Å². The molecule has 2 rings (SSSR count). The molecule has 74 valence electrons. The number of hydrogen-bond acceptors (Lipinski definition) is 1. The van der Waals surface area contributed by atoms with Crippen molar-refractivity contribution < 1.29 is 4.57 Å². The third-order valence-electron chi connectivity index (χ3n) is 2.58. The highest BCUT2D eigenvalue weighted by molar-refractivity contribution is 5.56. The first-order chi connectivity index (χ1) is 6.61. The average molecular weight is 190 g/mol. The highest BCUT2D eigenvalue weighted by Gasteiger charge is 2.18. The number of aryl methyl sites for hydroxylation is 2. The van der Waals surface area contributed by atoms with Crippen LogP contribution in [0.15, 0.2) is 18.6 Å². The molecule has 0 bridgehead atoms. The van der Waals surface area contributed by atoms with Crippen molar-refractivity contribution in [1.29, 1.82) is 0 Å². The molecule has 0 saturated carbocycles. The fourth-order valence-electron chi connectivity index (χ4n) is 1.97. The molecule has 0 aromatic carbocycles. The van der Waals surface area contributed by atoms with E-state index in [0.29, 0.717) is 5.92 Å². The molecule has 0 fully saturated rings. The minimum Gasteiger partial charge on any atom is -0.228 e. The standard InChI is InChI=1S/C11H16N3/c1-8(2)10-11-9(3)7-12-14(11)6-5-13(10)4/h5-8H,1-4H3/q+1. The Morgan fingerprint density at radius 2 is 2.14 bits per heavy atom. The summed E-state index contributed by atoms with van der Waals surface area (Å²) in [5.74, 6) is 0.513. The van der Waals surface area contributed by atoms with Crippen LogP contribution in [0.25, 0.3) is 5.52 Å². The van der Waals surface area contributed by atoms with Gasteiger partial charge in [-0.2, -0.15) is 5.10 Å². The zero-order valence-electron chi connectivity index (χ0n) is 9.15. The molecular formula is C11H16N3+. The van der Waals surface area contributed by atoms with Crippen LogP contribution in [0.4, 0.5) is 0 Å². The van der Waals surface area contributed by atoms with Gasteiger partial charge in [-0.25, -0.2) is 9.08 Å². The van der Waals surface area contributed by atoms with Gasteiger partial charge in [-0.15, -0.1) is 0 Å². The Morgan fingerprint density at radius 3 is 2.79 bits per heavy atom. The van der Waals surface area contributed by atoms with Crippen molar-refractivity contribution in [3.8, 4) is 0 Å². The number of aromatic nitrogens is 3. The minimum atomic E-state index is 0.513. The van der Waals surface area contributed by atoms with Crippen molar-refractivity contribution in [3.05, 3.63) is 29.8 Å². The van der Waals surface area contributed by atoms with Gasteiger partial charge in [-0.1, -0.05) is 13.8 Å². The fourth-order valence-corrected chi connectivity index (χ4v) is 1.97. The molecule has 0 saturated heterocycles. The van der Waals surface area contributed by atoms with Crippen LogP contribution in [0, 0.1) is 6.92 Å². The molecule has 14 heavy (non-hydrogen) atoms. The number of rotatable bonds is 1. The molecule has 0 aliphatic heterocycles. The van der Waals surface area contributed by atoms with E-state index in [2.05, 4.69) is 43.7 Å². The number of hydrogen-bond donors (Lipinski definition) is 0. The normalized spacial score (nSPS) is 11.5. The Bertz CT molecular complexity index is 469. The van der Waals surface area contributed by atoms with Crippen LogP contribution < -0.4 is 4.57 Å². The fraction of sp³-hybridized carbons (Fsp3) is 0.455. The molecule has 0 spiro atoms. The Kier molecular flexibility index (Phi) is 2.02. The summed E-state index contributed by atoms with van der Waals surface area (Å²) in [4.78, 5) is 0. The molecule has 2 heterocycles. The monoisotopic (exact) mass is 190 g/mol. The van der Waals surface area contributed by atoms with Gasteiger partial charge in [0.2, 0.25) is 5.69 Å². The van der Waals surface area contributed by atoms with Crippen LogP contribution in [0.2, 0.25) is 0 Å². The lowest BCUT2D eigenvalue weighted by molar-refractivity contribution is -0.679. The molecule has 0 radical (unpaired) electrons. The zero-order valence-corrected chi connectivity index (χ0v) is 9.15. The number of nitrogens with zero attached hydrogens (tertiary/aromatic N) is 3. The summed E-state index contributed by atoms with van der Waals surface area (Å²) in [6, 6.07) is 0. The van der Waals surface area contributed by atoms with Crippen LogP contribution in [0.3, 0.4) is 0 Å². The SMILES string of the molecule is Cc1cnn2cc[n+](C)c(C(C)C)c12. The van der Waals surface area contributed by atoms with E-state index in [1.54, 1.807) is 0 Å². The van der Waals surface area contributed by atoms with E-state index < -0.39 is 0 Å². The van der Waals surface area contributed by atoms with Gasteiger partial charge in [-0.3, -0.25) is 0 Å². The molecule has 3 nitrogen and oxygen atoms in total. The number of fused-ring (bicyclic) bond motifs is 1. The van der Waals surface area contributed by atoms with E-state index >= 15 is 0 Å². The second kappa shape index (κ2) is 3.08. The van der Waals surface area contributed by atoms with E-state index in [-0.39, 0.29) is 0 Å². The maximum absolute atomic E-state index is 4.31. The maximum Gasteiger partial charge on any atom is 0.209 e. The predicted octanol–water partition coefficient (Wildman–Crippen LogP) is 1.59. The maximum atomic E-state index is 4.31. The van der Waals surface area contributed by atoms with Crippen molar-refractivity contribution in [1.82, 2.24) is 9.61 Å². The van der Waals surface area contributed by atoms with Gasteiger partial charge in [0.25, 0.3) is 0 Å². The minimum absolute atomic E-state index is 0.513. The molecule has 3 heteroatoms. The van der Waals surface area contributed by atoms with Gasteiger partial charge in [0.1, 0.15) is 12.6 Å². The van der Waals surface area contributed by atoms with Crippen molar-refractivity contribution in [3.63, 3.8) is 0 Å². The smallest absolute Gasteiger partial charge is 0.209 e. The lowest BCUT2D eigenvalue weighted by atomic mass is 10.1. The van der Waals surface area contributed by atoms with Crippen LogP contribution in [0.5, 0.6) is 0 Å². The van der Waals surface area contributed by atoms with E-state index in [0.717, 1.165) is 0 Å². The largest absolute Gasteiger partial charge is 0.228 e. The van der Waals surface area contributed by atoms with Crippen molar-refractivity contribution in [2.45, 2.75) is 26.7 Å². The molecule has 2 aromatic rings. The summed E-state index contributed by atoms with van der Waals surface area (Å²) in [6.45, 7) is 6.53. The molecule has 0 unspecified atom stereocenters. The van der Waals surface area contributed by atoms with Crippen molar-refractivity contribution in [2.75, 3.05) is 0 Å². The average Bonchev–Trinajstić information content (AvgIpc) is 2.47. The Morgan fingerprint density at radius 1 is 1.43 bits per heavy atom. The summed E-state index contributed by atoms with van der Waals surface area (Å²) in [5, 5.41) is 4.31. The predicted molar refractivity (Wildman–Crippen MR) is 55.2 cm³/mol. The van der Waals surface area contributed by atoms with E-state index in [1.807, 2.05) is 16.9 Å². The first kappa shape index (κ1) is 9.19. The second-order valence-corrected chi connectivity index (χ2v) is 4.07. The lowest BCUT2D eigenvalue weighted by Gasteiger charge is -2.05. The first-order valence-corrected chi connectivity index (χ1v) is 4.93. The van der Waals surface area contributed by atoms with Crippen LogP contribution in [-0.4, -0.2) is 9.61 Å². The molecule has 0 amide bonds. The summed E-state index contributed by atoms with van der Waals surface area (Å²) >= 11 is 0. The molecule has 0 atom stereocenters. The van der Waals surface area contributed by atoms with Crippen LogP contribution >= 0.6 is 0 Å². The second-order valence-electron chi connectivity index (χ2n) is 4.07. The third-order valence-corrected chi connectivity index (χ3v) is 2.58. The zero-order chi connectivity index (χ0) is 10.3. The summed E-state index contributed by atoms with van der Waals surface area (Å²) in [7, 11) is 2.09. The molecule has 0 N–H and O–H groups in total. The summed E-state index contributed by atoms with van der Waals surface area (Å²) in [5.41, 5.74) is 3.82. The third kappa shape index (κ3) is 1.20. The molecular weight excluding hydrogens is 174 g/mol. The topological polar surface area (TPSA) is 21.2 Å². The van der Waals surface area contributed by atoms with E-state index in [9.17, 15) is 0 Å². The Hall–Kier alpha value is -1.38. The first-order valence-electron chi connectivity index (χ1n) is 4.93. The van der Waals surface area contributed by atoms with Crippen LogP contribution in [0.1, 0.15) is 31.0 Å². The summed E-state index contributed by atoms with van der Waals surface area (Å²) in [6.07, 6.45) is 5.96. The summed E-state index contributed by atoms with van der Waals surface area (Å²) < 4.78 is 4.12. The van der Waals surface area contributed by atoms with E-state index in [1.165, 1.54) is 16.8 Å². The highest BCUT2D eigenvalue weighted by atomic mass is 15.2. The Labute approximate surface area is 84.0 Å². The molecule has 2 aromatic heterocycles. The van der Waals surface area contributed by atoms with Crippen molar-refractivity contribution in [2.24, 2.45) is 7.05 Å². The molecule has 0 aliphatic rings. The lowest BCUT2D eigenvalue weighted by Crippen LogP contribution is -2.35. The quantitative estimate of drug-likeness (QED) is 0.626. The van der Waals surface area contributed by atoms with Crippen molar-refractivity contribution >= 4 is 5.52 Å². The van der Waals surface area contributed by atoms with Gasteiger partial charge in [0.15, 0.2) is 6.20 Å². The highest BCUT2D eigenvalue weighted by Crippen LogP contribution is 2.18. The van der Waals surface area contributed by atoms with Gasteiger partial charge < -0.3 is 0 Å². The van der Waals surface area contributed by atoms with E-state index in [4.69, 9.17) is 0 Å². The Balaban J connectivity index is 2.87. The molecule has 0 aliphatic carbocycles. The van der Waals surface area contributed by atoms with Gasteiger partial charge in [-0.05, 0) is 6.92 Å². The van der Waals surface area contributed by atoms with Gasteiger partial charge >= 0.3 is 0 Å².